The zero-order chi connectivity index (χ0) is 23.1. The lowest BCUT2D eigenvalue weighted by atomic mass is 10.1. The Bertz CT molecular complexity index is 1550. The number of pyridine rings is 1. The Balaban J connectivity index is 1.60. The van der Waals surface area contributed by atoms with Gasteiger partial charge in [-0.25, -0.2) is 9.50 Å². The molecular formula is C25H21ClN4O3. The van der Waals surface area contributed by atoms with Crippen LogP contribution in [0.1, 0.15) is 11.3 Å². The van der Waals surface area contributed by atoms with E-state index in [1.165, 1.54) is 0 Å². The minimum absolute atomic E-state index is 0.141. The number of rotatable bonds is 5. The molecule has 0 aliphatic carbocycles. The zero-order valence-electron chi connectivity index (χ0n) is 18.4. The van der Waals surface area contributed by atoms with Gasteiger partial charge in [0, 0.05) is 23.0 Å². The van der Waals surface area contributed by atoms with E-state index in [0.29, 0.717) is 39.6 Å². The molecule has 2 aromatic carbocycles. The van der Waals surface area contributed by atoms with Crippen LogP contribution >= 0.6 is 11.6 Å². The molecule has 5 rings (SSSR count). The van der Waals surface area contributed by atoms with Crippen molar-refractivity contribution in [3.63, 3.8) is 0 Å². The molecule has 0 spiro atoms. The van der Waals surface area contributed by atoms with E-state index in [0.717, 1.165) is 22.4 Å². The van der Waals surface area contributed by atoms with Gasteiger partial charge in [-0.3, -0.25) is 4.79 Å². The van der Waals surface area contributed by atoms with Gasteiger partial charge < -0.3 is 14.0 Å². The SMILES string of the molecule is COc1ccc(Cn2ccc3c(cnc4c(-c5ccc(Cl)cc5)c(C)nn43)c2=O)cc1OC. The fourth-order valence-electron chi connectivity index (χ4n) is 4.07. The van der Waals surface area contributed by atoms with Crippen LogP contribution in [0.25, 0.3) is 27.7 Å². The minimum Gasteiger partial charge on any atom is -0.493 e. The Morgan fingerprint density at radius 2 is 1.76 bits per heavy atom. The van der Waals surface area contributed by atoms with E-state index in [1.807, 2.05) is 55.5 Å². The van der Waals surface area contributed by atoms with E-state index in [4.69, 9.17) is 21.1 Å². The number of nitrogens with zero attached hydrogens (tertiary/aromatic N) is 4. The molecule has 166 valence electrons. The zero-order valence-corrected chi connectivity index (χ0v) is 19.1. The fourth-order valence-corrected chi connectivity index (χ4v) is 4.20. The van der Waals surface area contributed by atoms with Crippen LogP contribution in [0.4, 0.5) is 0 Å². The summed E-state index contributed by atoms with van der Waals surface area (Å²) >= 11 is 6.04. The summed E-state index contributed by atoms with van der Waals surface area (Å²) in [6.45, 7) is 2.32. The molecule has 0 aliphatic rings. The molecule has 0 saturated carbocycles. The number of aromatic nitrogens is 4. The molecule has 0 unspecified atom stereocenters. The van der Waals surface area contributed by atoms with Crippen molar-refractivity contribution >= 4 is 28.2 Å². The van der Waals surface area contributed by atoms with E-state index in [9.17, 15) is 4.79 Å². The minimum atomic E-state index is -0.141. The van der Waals surface area contributed by atoms with Gasteiger partial charge in [0.05, 0.1) is 37.4 Å². The average Bonchev–Trinajstić information content (AvgIpc) is 3.17. The number of benzene rings is 2. The van der Waals surface area contributed by atoms with Crippen molar-refractivity contribution in [3.8, 4) is 22.6 Å². The molecular weight excluding hydrogens is 440 g/mol. The summed E-state index contributed by atoms with van der Waals surface area (Å²) in [7, 11) is 3.18. The number of ether oxygens (including phenoxy) is 2. The lowest BCUT2D eigenvalue weighted by Gasteiger charge is -2.11. The maximum absolute atomic E-state index is 13.3. The molecule has 0 fully saturated rings. The van der Waals surface area contributed by atoms with Crippen LogP contribution < -0.4 is 15.0 Å². The van der Waals surface area contributed by atoms with Gasteiger partial charge in [-0.05, 0) is 48.4 Å². The molecule has 0 bridgehead atoms. The van der Waals surface area contributed by atoms with E-state index in [-0.39, 0.29) is 5.56 Å². The summed E-state index contributed by atoms with van der Waals surface area (Å²) < 4.78 is 14.1. The molecule has 7 nitrogen and oxygen atoms in total. The highest BCUT2D eigenvalue weighted by molar-refractivity contribution is 6.30. The van der Waals surface area contributed by atoms with Crippen molar-refractivity contribution in [1.29, 1.82) is 0 Å². The largest absolute Gasteiger partial charge is 0.493 e. The molecule has 3 aromatic heterocycles. The van der Waals surface area contributed by atoms with Crippen LogP contribution in [0.15, 0.2) is 65.7 Å². The average molecular weight is 461 g/mol. The first kappa shape index (κ1) is 21.0. The third-order valence-electron chi connectivity index (χ3n) is 5.69. The molecule has 5 aromatic rings. The number of methoxy groups -OCH3 is 2. The third-order valence-corrected chi connectivity index (χ3v) is 5.95. The Kier molecular flexibility index (Phi) is 5.26. The Labute approximate surface area is 194 Å². The Morgan fingerprint density at radius 3 is 2.48 bits per heavy atom. The second-order valence-electron chi connectivity index (χ2n) is 7.70. The number of halogens is 1. The lowest BCUT2D eigenvalue weighted by molar-refractivity contribution is 0.354. The van der Waals surface area contributed by atoms with E-state index < -0.39 is 0 Å². The standard InChI is InChI=1S/C25H21ClN4O3/c1-15-23(17-5-7-18(26)8-6-17)24-27-13-19-20(30(24)28-15)10-11-29(25(19)31)14-16-4-9-21(32-2)22(12-16)33-3/h4-13H,14H2,1-3H3. The Hall–Kier alpha value is -3.84. The predicted molar refractivity (Wildman–Crippen MR) is 129 cm³/mol. The van der Waals surface area contributed by atoms with E-state index in [2.05, 4.69) is 10.1 Å². The number of aryl methyl sites for hydroxylation is 1. The van der Waals surface area contributed by atoms with Crippen LogP contribution in [-0.4, -0.2) is 33.4 Å². The monoisotopic (exact) mass is 460 g/mol. The highest BCUT2D eigenvalue weighted by Crippen LogP contribution is 2.30. The molecule has 0 amide bonds. The predicted octanol–water partition coefficient (Wildman–Crippen LogP) is 4.74. The van der Waals surface area contributed by atoms with Gasteiger partial charge in [0.1, 0.15) is 0 Å². The van der Waals surface area contributed by atoms with Gasteiger partial charge in [-0.15, -0.1) is 0 Å². The topological polar surface area (TPSA) is 70.6 Å². The maximum Gasteiger partial charge on any atom is 0.261 e. The molecule has 8 heteroatoms. The molecule has 0 radical (unpaired) electrons. The van der Waals surface area contributed by atoms with Crippen molar-refractivity contribution in [2.24, 2.45) is 0 Å². The lowest BCUT2D eigenvalue weighted by Crippen LogP contribution is -2.21. The summed E-state index contributed by atoms with van der Waals surface area (Å²) in [6, 6.07) is 15.1. The fraction of sp³-hybridized carbons (Fsp3) is 0.160. The van der Waals surface area contributed by atoms with Gasteiger partial charge in [0.25, 0.3) is 5.56 Å². The summed E-state index contributed by atoms with van der Waals surface area (Å²) in [5.41, 5.74) is 4.90. The van der Waals surface area contributed by atoms with E-state index >= 15 is 0 Å². The number of fused-ring (bicyclic) bond motifs is 3. The van der Waals surface area contributed by atoms with Crippen molar-refractivity contribution in [1.82, 2.24) is 19.2 Å². The summed E-state index contributed by atoms with van der Waals surface area (Å²) in [6.07, 6.45) is 3.40. The summed E-state index contributed by atoms with van der Waals surface area (Å²) in [4.78, 5) is 17.9. The number of hydrogen-bond acceptors (Lipinski definition) is 5. The smallest absolute Gasteiger partial charge is 0.261 e. The second kappa shape index (κ2) is 8.26. The van der Waals surface area contributed by atoms with Crippen molar-refractivity contribution in [3.05, 3.63) is 87.6 Å². The van der Waals surface area contributed by atoms with Crippen LogP contribution in [-0.2, 0) is 6.54 Å². The van der Waals surface area contributed by atoms with Crippen molar-refractivity contribution < 1.29 is 9.47 Å². The maximum atomic E-state index is 13.3. The van der Waals surface area contributed by atoms with E-state index in [1.54, 1.807) is 35.7 Å². The van der Waals surface area contributed by atoms with Gasteiger partial charge in [0.2, 0.25) is 0 Å². The first-order valence-corrected chi connectivity index (χ1v) is 10.7. The molecule has 33 heavy (non-hydrogen) atoms. The molecule has 0 aliphatic heterocycles. The molecule has 0 saturated heterocycles. The van der Waals surface area contributed by atoms with Crippen LogP contribution in [0, 0.1) is 6.92 Å². The van der Waals surface area contributed by atoms with Crippen molar-refractivity contribution in [2.75, 3.05) is 14.2 Å². The Morgan fingerprint density at radius 1 is 1.00 bits per heavy atom. The first-order chi connectivity index (χ1) is 16.0. The summed E-state index contributed by atoms with van der Waals surface area (Å²) in [5, 5.41) is 5.84. The quantitative estimate of drug-likeness (QED) is 0.379. The highest BCUT2D eigenvalue weighted by atomic mass is 35.5. The molecule has 3 heterocycles. The van der Waals surface area contributed by atoms with Gasteiger partial charge in [-0.2, -0.15) is 5.10 Å². The van der Waals surface area contributed by atoms with Crippen LogP contribution in [0.3, 0.4) is 0 Å². The third kappa shape index (κ3) is 3.60. The van der Waals surface area contributed by atoms with Crippen LogP contribution in [0.2, 0.25) is 5.02 Å². The molecule has 0 N–H and O–H groups in total. The van der Waals surface area contributed by atoms with Gasteiger partial charge >= 0.3 is 0 Å². The normalized spacial score (nSPS) is 11.3. The van der Waals surface area contributed by atoms with Crippen molar-refractivity contribution in [2.45, 2.75) is 13.5 Å². The number of hydrogen-bond donors (Lipinski definition) is 0. The summed E-state index contributed by atoms with van der Waals surface area (Å²) in [5.74, 6) is 1.26. The van der Waals surface area contributed by atoms with Gasteiger partial charge in [-0.1, -0.05) is 29.8 Å². The van der Waals surface area contributed by atoms with Gasteiger partial charge in [0.15, 0.2) is 17.1 Å². The second-order valence-corrected chi connectivity index (χ2v) is 8.13. The highest BCUT2D eigenvalue weighted by Gasteiger charge is 2.16. The van der Waals surface area contributed by atoms with Crippen LogP contribution in [0.5, 0.6) is 11.5 Å². The molecule has 0 atom stereocenters. The first-order valence-electron chi connectivity index (χ1n) is 10.3.